The number of methoxy groups -OCH3 is 1. The van der Waals surface area contributed by atoms with E-state index in [-0.39, 0.29) is 5.92 Å². The van der Waals surface area contributed by atoms with Gasteiger partial charge in [-0.15, -0.1) is 0 Å². The zero-order valence-corrected chi connectivity index (χ0v) is 13.0. The molecule has 0 amide bonds. The van der Waals surface area contributed by atoms with Crippen molar-refractivity contribution in [1.29, 1.82) is 0 Å². The average Bonchev–Trinajstić information content (AvgIpc) is 3.00. The van der Waals surface area contributed by atoms with Crippen LogP contribution in [-0.4, -0.2) is 20.7 Å². The number of furan rings is 1. The van der Waals surface area contributed by atoms with Crippen LogP contribution in [0.3, 0.4) is 0 Å². The van der Waals surface area contributed by atoms with Crippen molar-refractivity contribution in [2.24, 2.45) is 0 Å². The van der Waals surface area contributed by atoms with Gasteiger partial charge in [0.1, 0.15) is 17.1 Å². The van der Waals surface area contributed by atoms with Crippen LogP contribution in [0.2, 0.25) is 0 Å². The highest BCUT2D eigenvalue weighted by Gasteiger charge is 2.19. The molecule has 0 fully saturated rings. The molecule has 0 radical (unpaired) electrons. The Kier molecular flexibility index (Phi) is 4.45. The third-order valence-electron chi connectivity index (χ3n) is 3.99. The first-order valence-corrected chi connectivity index (χ1v) is 7.59. The van der Waals surface area contributed by atoms with E-state index in [0.29, 0.717) is 0 Å². The van der Waals surface area contributed by atoms with E-state index in [2.05, 4.69) is 35.6 Å². The van der Waals surface area contributed by atoms with Crippen molar-refractivity contribution in [3.05, 3.63) is 65.9 Å². The standard InChI is InChI=1S/C19H21NO2/c1-20-12-11-15(14-7-4-3-5-8-14)19-13-16-17(21-2)9-6-10-18(16)22-19/h3-10,13,15,20H,11-12H2,1-2H3. The van der Waals surface area contributed by atoms with Gasteiger partial charge in [-0.1, -0.05) is 36.4 Å². The Morgan fingerprint density at radius 2 is 1.91 bits per heavy atom. The number of fused-ring (bicyclic) bond motifs is 1. The summed E-state index contributed by atoms with van der Waals surface area (Å²) in [6.45, 7) is 0.938. The predicted octanol–water partition coefficient (Wildman–Crippen LogP) is 4.18. The smallest absolute Gasteiger partial charge is 0.138 e. The molecule has 0 bridgehead atoms. The van der Waals surface area contributed by atoms with E-state index >= 15 is 0 Å². The molecule has 3 rings (SSSR count). The Bertz CT molecular complexity index is 734. The first kappa shape index (κ1) is 14.7. The van der Waals surface area contributed by atoms with E-state index in [9.17, 15) is 0 Å². The topological polar surface area (TPSA) is 34.4 Å². The fraction of sp³-hybridized carbons (Fsp3) is 0.263. The summed E-state index contributed by atoms with van der Waals surface area (Å²) < 4.78 is 11.6. The molecule has 1 N–H and O–H groups in total. The maximum Gasteiger partial charge on any atom is 0.138 e. The average molecular weight is 295 g/mol. The van der Waals surface area contributed by atoms with Crippen molar-refractivity contribution in [1.82, 2.24) is 5.32 Å². The van der Waals surface area contributed by atoms with Crippen LogP contribution >= 0.6 is 0 Å². The largest absolute Gasteiger partial charge is 0.496 e. The highest BCUT2D eigenvalue weighted by Crippen LogP contribution is 2.35. The molecule has 1 heterocycles. The number of nitrogens with one attached hydrogen (secondary N) is 1. The fourth-order valence-electron chi connectivity index (χ4n) is 2.85. The van der Waals surface area contributed by atoms with Gasteiger partial charge >= 0.3 is 0 Å². The molecule has 0 saturated heterocycles. The minimum Gasteiger partial charge on any atom is -0.496 e. The summed E-state index contributed by atoms with van der Waals surface area (Å²) in [5, 5.41) is 4.26. The second kappa shape index (κ2) is 6.67. The van der Waals surface area contributed by atoms with Gasteiger partial charge in [-0.25, -0.2) is 0 Å². The Hall–Kier alpha value is -2.26. The maximum atomic E-state index is 6.12. The van der Waals surface area contributed by atoms with E-state index < -0.39 is 0 Å². The summed E-state index contributed by atoms with van der Waals surface area (Å²) in [6, 6.07) is 18.5. The van der Waals surface area contributed by atoms with Crippen LogP contribution in [0, 0.1) is 0 Å². The van der Waals surface area contributed by atoms with Crippen molar-refractivity contribution in [3.8, 4) is 5.75 Å². The minimum absolute atomic E-state index is 0.241. The zero-order chi connectivity index (χ0) is 15.4. The minimum atomic E-state index is 0.241. The molecule has 0 saturated carbocycles. The van der Waals surface area contributed by atoms with Crippen LogP contribution in [0.4, 0.5) is 0 Å². The molecule has 1 unspecified atom stereocenters. The maximum absolute atomic E-state index is 6.12. The molecule has 3 heteroatoms. The Labute approximate surface area is 130 Å². The van der Waals surface area contributed by atoms with E-state index in [1.54, 1.807) is 7.11 Å². The lowest BCUT2D eigenvalue weighted by molar-refractivity contribution is 0.419. The lowest BCUT2D eigenvalue weighted by atomic mass is 9.93. The summed E-state index contributed by atoms with van der Waals surface area (Å²) >= 11 is 0. The van der Waals surface area contributed by atoms with E-state index in [0.717, 1.165) is 35.4 Å². The summed E-state index contributed by atoms with van der Waals surface area (Å²) in [7, 11) is 3.67. The summed E-state index contributed by atoms with van der Waals surface area (Å²) in [6.07, 6.45) is 0.989. The number of hydrogen-bond donors (Lipinski definition) is 1. The van der Waals surface area contributed by atoms with Gasteiger partial charge in [-0.2, -0.15) is 0 Å². The molecule has 3 nitrogen and oxygen atoms in total. The van der Waals surface area contributed by atoms with Gasteiger partial charge in [0.05, 0.1) is 12.5 Å². The van der Waals surface area contributed by atoms with Crippen LogP contribution in [0.15, 0.2) is 59.0 Å². The molecule has 1 atom stereocenters. The monoisotopic (exact) mass is 295 g/mol. The first-order valence-electron chi connectivity index (χ1n) is 7.59. The summed E-state index contributed by atoms with van der Waals surface area (Å²) in [5.74, 6) is 2.08. The van der Waals surface area contributed by atoms with E-state index in [1.807, 2.05) is 31.3 Å². The van der Waals surface area contributed by atoms with Crippen LogP contribution in [0.5, 0.6) is 5.75 Å². The number of rotatable bonds is 6. The predicted molar refractivity (Wildman–Crippen MR) is 89.6 cm³/mol. The lowest BCUT2D eigenvalue weighted by Crippen LogP contribution is -2.12. The molecular formula is C19H21NO2. The fourth-order valence-corrected chi connectivity index (χ4v) is 2.85. The molecule has 0 aliphatic heterocycles. The van der Waals surface area contributed by atoms with Crippen molar-refractivity contribution in [2.45, 2.75) is 12.3 Å². The zero-order valence-electron chi connectivity index (χ0n) is 13.0. The van der Waals surface area contributed by atoms with E-state index in [1.165, 1.54) is 5.56 Å². The number of benzene rings is 2. The second-order valence-corrected chi connectivity index (χ2v) is 5.38. The number of hydrogen-bond acceptors (Lipinski definition) is 3. The molecule has 0 spiro atoms. The SMILES string of the molecule is CNCCC(c1ccccc1)c1cc2c(OC)cccc2o1. The second-order valence-electron chi connectivity index (χ2n) is 5.38. The summed E-state index contributed by atoms with van der Waals surface area (Å²) in [5.41, 5.74) is 2.15. The Morgan fingerprint density at radius 1 is 1.09 bits per heavy atom. The Balaban J connectivity index is 2.04. The number of ether oxygens (including phenoxy) is 1. The van der Waals surface area contributed by atoms with Crippen LogP contribution < -0.4 is 10.1 Å². The molecule has 0 aliphatic rings. The van der Waals surface area contributed by atoms with Crippen molar-refractivity contribution in [3.63, 3.8) is 0 Å². The van der Waals surface area contributed by atoms with Crippen LogP contribution in [0.1, 0.15) is 23.7 Å². The van der Waals surface area contributed by atoms with E-state index in [4.69, 9.17) is 9.15 Å². The molecule has 0 aliphatic carbocycles. The van der Waals surface area contributed by atoms with Gasteiger partial charge in [0.25, 0.3) is 0 Å². The molecule has 22 heavy (non-hydrogen) atoms. The Morgan fingerprint density at radius 3 is 2.64 bits per heavy atom. The molecular weight excluding hydrogens is 274 g/mol. The third kappa shape index (κ3) is 2.85. The van der Waals surface area contributed by atoms with Gasteiger partial charge in [0.15, 0.2) is 0 Å². The van der Waals surface area contributed by atoms with Crippen LogP contribution in [-0.2, 0) is 0 Å². The quantitative estimate of drug-likeness (QED) is 0.740. The van der Waals surface area contributed by atoms with Gasteiger partial charge < -0.3 is 14.5 Å². The van der Waals surface area contributed by atoms with Crippen LogP contribution in [0.25, 0.3) is 11.0 Å². The van der Waals surface area contributed by atoms with Crippen molar-refractivity contribution in [2.75, 3.05) is 20.7 Å². The third-order valence-corrected chi connectivity index (χ3v) is 3.99. The first-order chi connectivity index (χ1) is 10.8. The van der Waals surface area contributed by atoms with Gasteiger partial charge in [-0.05, 0) is 43.8 Å². The van der Waals surface area contributed by atoms with Crippen molar-refractivity contribution >= 4 is 11.0 Å². The molecule has 1 aromatic heterocycles. The molecule has 114 valence electrons. The molecule has 3 aromatic rings. The lowest BCUT2D eigenvalue weighted by Gasteiger charge is -2.14. The van der Waals surface area contributed by atoms with Crippen molar-refractivity contribution < 1.29 is 9.15 Å². The normalized spacial score (nSPS) is 12.5. The van der Waals surface area contributed by atoms with Gasteiger partial charge in [0.2, 0.25) is 0 Å². The van der Waals surface area contributed by atoms with Gasteiger partial charge in [0, 0.05) is 5.92 Å². The molecule has 2 aromatic carbocycles. The van der Waals surface area contributed by atoms with Gasteiger partial charge in [-0.3, -0.25) is 0 Å². The highest BCUT2D eigenvalue weighted by atomic mass is 16.5. The highest BCUT2D eigenvalue weighted by molar-refractivity contribution is 5.84. The summed E-state index contributed by atoms with van der Waals surface area (Å²) in [4.78, 5) is 0.